The molecular formula is C22H27NO3. The molecule has 0 spiro atoms. The Kier molecular flexibility index (Phi) is 6.07. The lowest BCUT2D eigenvalue weighted by molar-refractivity contribution is 0.146. The first-order valence-electron chi connectivity index (χ1n) is 9.16. The molecule has 3 rings (SSSR count). The summed E-state index contributed by atoms with van der Waals surface area (Å²) in [6, 6.07) is 10.4. The van der Waals surface area contributed by atoms with Gasteiger partial charge in [0.25, 0.3) is 0 Å². The van der Waals surface area contributed by atoms with Gasteiger partial charge in [0.15, 0.2) is 0 Å². The van der Waals surface area contributed by atoms with Crippen molar-refractivity contribution in [2.75, 3.05) is 20.3 Å². The van der Waals surface area contributed by atoms with Gasteiger partial charge in [-0.15, -0.1) is 0 Å². The van der Waals surface area contributed by atoms with Crippen LogP contribution in [0.2, 0.25) is 0 Å². The third-order valence-corrected chi connectivity index (χ3v) is 4.91. The number of hydrogen-bond acceptors (Lipinski definition) is 4. The highest BCUT2D eigenvalue weighted by molar-refractivity contribution is 6.04. The molecule has 138 valence electrons. The summed E-state index contributed by atoms with van der Waals surface area (Å²) >= 11 is 0. The van der Waals surface area contributed by atoms with Crippen LogP contribution in [-0.4, -0.2) is 31.1 Å². The normalized spacial score (nSPS) is 15.2. The SMILES string of the molecule is COCCOc1ccc2c(c1)C(=Nc1cc(C)c(CO)c(C)c1)CCC2. The van der Waals surface area contributed by atoms with E-state index in [1.54, 1.807) is 7.11 Å². The predicted molar refractivity (Wildman–Crippen MR) is 105 cm³/mol. The second-order valence-corrected chi connectivity index (χ2v) is 6.79. The summed E-state index contributed by atoms with van der Waals surface area (Å²) in [5.41, 5.74) is 7.73. The van der Waals surface area contributed by atoms with Gasteiger partial charge in [-0.3, -0.25) is 4.99 Å². The van der Waals surface area contributed by atoms with Crippen LogP contribution in [0.4, 0.5) is 5.69 Å². The molecule has 4 nitrogen and oxygen atoms in total. The third-order valence-electron chi connectivity index (χ3n) is 4.91. The maximum atomic E-state index is 9.50. The number of rotatable bonds is 6. The monoisotopic (exact) mass is 353 g/mol. The number of aliphatic hydroxyl groups excluding tert-OH is 1. The Hall–Kier alpha value is -2.17. The van der Waals surface area contributed by atoms with E-state index in [-0.39, 0.29) is 6.61 Å². The van der Waals surface area contributed by atoms with Gasteiger partial charge in [-0.1, -0.05) is 6.07 Å². The average Bonchev–Trinajstić information content (AvgIpc) is 2.62. The highest BCUT2D eigenvalue weighted by Gasteiger charge is 2.17. The van der Waals surface area contributed by atoms with Crippen molar-refractivity contribution in [3.63, 3.8) is 0 Å². The zero-order chi connectivity index (χ0) is 18.5. The molecule has 0 atom stereocenters. The zero-order valence-corrected chi connectivity index (χ0v) is 15.8. The second-order valence-electron chi connectivity index (χ2n) is 6.79. The van der Waals surface area contributed by atoms with Crippen molar-refractivity contribution in [2.24, 2.45) is 4.99 Å². The van der Waals surface area contributed by atoms with E-state index in [2.05, 4.69) is 24.3 Å². The molecule has 0 saturated heterocycles. The predicted octanol–water partition coefficient (Wildman–Crippen LogP) is 4.28. The van der Waals surface area contributed by atoms with Gasteiger partial charge in [0.1, 0.15) is 12.4 Å². The number of nitrogens with zero attached hydrogens (tertiary/aromatic N) is 1. The van der Waals surface area contributed by atoms with Crippen LogP contribution in [0.5, 0.6) is 5.75 Å². The molecule has 1 aliphatic rings. The number of methoxy groups -OCH3 is 1. The summed E-state index contributed by atoms with van der Waals surface area (Å²) in [6.45, 7) is 5.24. The minimum absolute atomic E-state index is 0.0690. The molecule has 0 fully saturated rings. The molecule has 0 unspecified atom stereocenters. The minimum atomic E-state index is 0.0690. The molecule has 0 amide bonds. The Morgan fingerprint density at radius 3 is 2.50 bits per heavy atom. The summed E-state index contributed by atoms with van der Waals surface area (Å²) in [7, 11) is 1.67. The number of benzene rings is 2. The average molecular weight is 353 g/mol. The summed E-state index contributed by atoms with van der Waals surface area (Å²) in [5, 5.41) is 9.50. The largest absolute Gasteiger partial charge is 0.491 e. The quantitative estimate of drug-likeness (QED) is 0.789. The smallest absolute Gasteiger partial charge is 0.120 e. The van der Waals surface area contributed by atoms with E-state index in [0.717, 1.165) is 53.1 Å². The topological polar surface area (TPSA) is 51.0 Å². The maximum Gasteiger partial charge on any atom is 0.120 e. The van der Waals surface area contributed by atoms with E-state index in [1.165, 1.54) is 11.1 Å². The van der Waals surface area contributed by atoms with Gasteiger partial charge in [-0.25, -0.2) is 0 Å². The van der Waals surface area contributed by atoms with Gasteiger partial charge in [0, 0.05) is 18.4 Å². The Morgan fingerprint density at radius 1 is 1.04 bits per heavy atom. The van der Waals surface area contributed by atoms with E-state index >= 15 is 0 Å². The summed E-state index contributed by atoms with van der Waals surface area (Å²) in [4.78, 5) is 4.95. The fourth-order valence-corrected chi connectivity index (χ4v) is 3.51. The number of aryl methyl sites for hydroxylation is 3. The number of hydrogen-bond donors (Lipinski definition) is 1. The van der Waals surface area contributed by atoms with Crippen molar-refractivity contribution in [3.05, 3.63) is 58.1 Å². The molecule has 2 aromatic carbocycles. The number of aliphatic hydroxyl groups is 1. The van der Waals surface area contributed by atoms with Crippen molar-refractivity contribution < 1.29 is 14.6 Å². The van der Waals surface area contributed by atoms with Crippen LogP contribution in [-0.2, 0) is 17.8 Å². The lowest BCUT2D eigenvalue weighted by Crippen LogP contribution is -2.13. The van der Waals surface area contributed by atoms with Gasteiger partial charge in [0.05, 0.1) is 18.9 Å². The highest BCUT2D eigenvalue weighted by Crippen LogP contribution is 2.29. The van der Waals surface area contributed by atoms with Crippen molar-refractivity contribution in [3.8, 4) is 5.75 Å². The van der Waals surface area contributed by atoms with E-state index in [4.69, 9.17) is 14.5 Å². The van der Waals surface area contributed by atoms with Gasteiger partial charge in [-0.2, -0.15) is 0 Å². The van der Waals surface area contributed by atoms with E-state index in [1.807, 2.05) is 19.9 Å². The van der Waals surface area contributed by atoms with Crippen molar-refractivity contribution in [2.45, 2.75) is 39.7 Å². The molecule has 1 N–H and O–H groups in total. The van der Waals surface area contributed by atoms with Gasteiger partial charge < -0.3 is 14.6 Å². The molecule has 26 heavy (non-hydrogen) atoms. The first kappa shape index (κ1) is 18.6. The minimum Gasteiger partial charge on any atom is -0.491 e. The summed E-state index contributed by atoms with van der Waals surface area (Å²) in [5.74, 6) is 0.860. The van der Waals surface area contributed by atoms with E-state index in [9.17, 15) is 5.11 Å². The van der Waals surface area contributed by atoms with Gasteiger partial charge in [0.2, 0.25) is 0 Å². The van der Waals surface area contributed by atoms with Crippen LogP contribution >= 0.6 is 0 Å². The number of ether oxygens (including phenoxy) is 2. The lowest BCUT2D eigenvalue weighted by Gasteiger charge is -2.19. The first-order chi connectivity index (χ1) is 12.6. The van der Waals surface area contributed by atoms with E-state index in [0.29, 0.717) is 13.2 Å². The van der Waals surface area contributed by atoms with Crippen molar-refractivity contribution in [1.29, 1.82) is 0 Å². The molecule has 0 saturated carbocycles. The molecule has 0 aliphatic heterocycles. The lowest BCUT2D eigenvalue weighted by atomic mass is 9.89. The Bertz CT molecular complexity index is 788. The molecular weight excluding hydrogens is 326 g/mol. The van der Waals surface area contributed by atoms with Crippen molar-refractivity contribution >= 4 is 11.4 Å². The zero-order valence-electron chi connectivity index (χ0n) is 15.8. The fraction of sp³-hybridized carbons (Fsp3) is 0.409. The third kappa shape index (κ3) is 4.14. The van der Waals surface area contributed by atoms with Crippen molar-refractivity contribution in [1.82, 2.24) is 0 Å². The molecule has 0 aromatic heterocycles. The molecule has 4 heteroatoms. The van der Waals surface area contributed by atoms with E-state index < -0.39 is 0 Å². The molecule has 1 aliphatic carbocycles. The number of aliphatic imine (C=N–C) groups is 1. The number of fused-ring (bicyclic) bond motifs is 1. The van der Waals surface area contributed by atoms with Gasteiger partial charge in [-0.05, 0) is 79.6 Å². The first-order valence-corrected chi connectivity index (χ1v) is 9.16. The highest BCUT2D eigenvalue weighted by atomic mass is 16.5. The van der Waals surface area contributed by atoms with Crippen LogP contribution < -0.4 is 4.74 Å². The van der Waals surface area contributed by atoms with Crippen LogP contribution in [0.25, 0.3) is 0 Å². The summed E-state index contributed by atoms with van der Waals surface area (Å²) in [6.07, 6.45) is 3.16. The Morgan fingerprint density at radius 2 is 1.81 bits per heavy atom. The van der Waals surface area contributed by atoms with Crippen LogP contribution in [0.1, 0.15) is 40.7 Å². The standard InChI is InChI=1S/C22H27NO3/c1-15-11-18(12-16(2)21(15)14-24)23-22-6-4-5-17-7-8-19(13-20(17)22)26-10-9-25-3/h7-8,11-13,24H,4-6,9-10,14H2,1-3H3. The summed E-state index contributed by atoms with van der Waals surface area (Å²) < 4.78 is 10.8. The molecule has 2 aromatic rings. The second kappa shape index (κ2) is 8.47. The van der Waals surface area contributed by atoms with Crippen LogP contribution in [0.15, 0.2) is 35.3 Å². The molecule has 0 radical (unpaired) electrons. The van der Waals surface area contributed by atoms with Crippen LogP contribution in [0, 0.1) is 13.8 Å². The Balaban J connectivity index is 1.93. The van der Waals surface area contributed by atoms with Crippen LogP contribution in [0.3, 0.4) is 0 Å². The van der Waals surface area contributed by atoms with Gasteiger partial charge >= 0.3 is 0 Å². The Labute approximate surface area is 155 Å². The molecule has 0 bridgehead atoms. The maximum absolute atomic E-state index is 9.50. The fourth-order valence-electron chi connectivity index (χ4n) is 3.51. The molecule has 0 heterocycles.